The predicted molar refractivity (Wildman–Crippen MR) is 88.2 cm³/mol. The summed E-state index contributed by atoms with van der Waals surface area (Å²) in [7, 11) is 0. The fourth-order valence-corrected chi connectivity index (χ4v) is 2.74. The van der Waals surface area contributed by atoms with Crippen LogP contribution in [-0.2, 0) is 9.59 Å². The van der Waals surface area contributed by atoms with E-state index in [9.17, 15) is 9.59 Å². The van der Waals surface area contributed by atoms with Crippen LogP contribution in [0.3, 0.4) is 0 Å². The lowest BCUT2D eigenvalue weighted by Gasteiger charge is -2.32. The minimum Gasteiger partial charge on any atom is -0.326 e. The highest BCUT2D eigenvalue weighted by Gasteiger charge is 2.28. The molecule has 23 heavy (non-hydrogen) atoms. The molecule has 116 valence electrons. The number of amides is 2. The third kappa shape index (κ3) is 3.29. The SMILES string of the molecule is CC(=O)N1C=Cc2ccccc2[C@@H]1CC(=O)Nc1ccncc1. The molecule has 0 spiro atoms. The summed E-state index contributed by atoms with van der Waals surface area (Å²) in [6.45, 7) is 1.51. The van der Waals surface area contributed by atoms with Gasteiger partial charge < -0.3 is 10.2 Å². The van der Waals surface area contributed by atoms with Crippen LogP contribution < -0.4 is 5.32 Å². The van der Waals surface area contributed by atoms with Crippen LogP contribution in [-0.4, -0.2) is 21.7 Å². The first-order valence-corrected chi connectivity index (χ1v) is 7.41. The summed E-state index contributed by atoms with van der Waals surface area (Å²) in [6.07, 6.45) is 7.08. The lowest BCUT2D eigenvalue weighted by molar-refractivity contribution is -0.129. The lowest BCUT2D eigenvalue weighted by atomic mass is 9.93. The molecule has 0 saturated heterocycles. The Hall–Kier alpha value is -2.95. The van der Waals surface area contributed by atoms with Crippen LogP contribution in [0.15, 0.2) is 55.0 Å². The molecule has 0 bridgehead atoms. The molecule has 2 amide bonds. The fourth-order valence-electron chi connectivity index (χ4n) is 2.74. The molecule has 2 heterocycles. The number of carbonyl (C=O) groups is 2. The van der Waals surface area contributed by atoms with Gasteiger partial charge in [0.15, 0.2) is 0 Å². The zero-order valence-corrected chi connectivity index (χ0v) is 12.8. The Bertz CT molecular complexity index is 756. The molecule has 1 N–H and O–H groups in total. The van der Waals surface area contributed by atoms with Crippen molar-refractivity contribution in [2.45, 2.75) is 19.4 Å². The van der Waals surface area contributed by atoms with E-state index in [2.05, 4.69) is 10.3 Å². The number of benzene rings is 1. The molecule has 0 fully saturated rings. The molecule has 0 aliphatic carbocycles. The number of aromatic nitrogens is 1. The van der Waals surface area contributed by atoms with Crippen molar-refractivity contribution in [1.29, 1.82) is 0 Å². The van der Waals surface area contributed by atoms with E-state index in [-0.39, 0.29) is 24.3 Å². The summed E-state index contributed by atoms with van der Waals surface area (Å²) in [5.74, 6) is -0.227. The van der Waals surface area contributed by atoms with Gasteiger partial charge in [0.2, 0.25) is 11.8 Å². The number of pyridine rings is 1. The van der Waals surface area contributed by atoms with Crippen LogP contribution in [0.5, 0.6) is 0 Å². The van der Waals surface area contributed by atoms with Gasteiger partial charge in [-0.25, -0.2) is 0 Å². The molecular weight excluding hydrogens is 290 g/mol. The third-order valence-corrected chi connectivity index (χ3v) is 3.81. The van der Waals surface area contributed by atoms with Gasteiger partial charge in [0, 0.05) is 31.2 Å². The third-order valence-electron chi connectivity index (χ3n) is 3.81. The van der Waals surface area contributed by atoms with E-state index in [4.69, 9.17) is 0 Å². The molecule has 1 aromatic heterocycles. The number of rotatable bonds is 3. The van der Waals surface area contributed by atoms with E-state index in [0.29, 0.717) is 5.69 Å². The second-order valence-electron chi connectivity index (χ2n) is 5.37. The van der Waals surface area contributed by atoms with Gasteiger partial charge in [-0.1, -0.05) is 24.3 Å². The van der Waals surface area contributed by atoms with Crippen molar-refractivity contribution in [2.24, 2.45) is 0 Å². The summed E-state index contributed by atoms with van der Waals surface area (Å²) in [5, 5.41) is 2.84. The smallest absolute Gasteiger partial charge is 0.226 e. The van der Waals surface area contributed by atoms with Crippen molar-refractivity contribution in [2.75, 3.05) is 5.32 Å². The highest BCUT2D eigenvalue weighted by molar-refractivity contribution is 5.92. The maximum absolute atomic E-state index is 12.4. The van der Waals surface area contributed by atoms with Crippen LogP contribution in [0.1, 0.15) is 30.5 Å². The zero-order chi connectivity index (χ0) is 16.2. The van der Waals surface area contributed by atoms with Gasteiger partial charge in [-0.2, -0.15) is 0 Å². The number of nitrogens with one attached hydrogen (secondary N) is 1. The van der Waals surface area contributed by atoms with Gasteiger partial charge in [0.05, 0.1) is 12.5 Å². The van der Waals surface area contributed by atoms with Gasteiger partial charge in [0.25, 0.3) is 0 Å². The Balaban J connectivity index is 1.82. The molecule has 5 heteroatoms. The van der Waals surface area contributed by atoms with Gasteiger partial charge in [-0.15, -0.1) is 0 Å². The van der Waals surface area contributed by atoms with Crippen LogP contribution in [0.4, 0.5) is 5.69 Å². The number of fused-ring (bicyclic) bond motifs is 1. The van der Waals surface area contributed by atoms with Crippen LogP contribution in [0, 0.1) is 0 Å². The molecule has 2 aromatic rings. The maximum Gasteiger partial charge on any atom is 0.226 e. The summed E-state index contributed by atoms with van der Waals surface area (Å²) in [6, 6.07) is 11.0. The van der Waals surface area contributed by atoms with E-state index in [1.54, 1.807) is 35.6 Å². The number of hydrogen-bond acceptors (Lipinski definition) is 3. The van der Waals surface area contributed by atoms with Crippen LogP contribution >= 0.6 is 0 Å². The maximum atomic E-state index is 12.4. The largest absolute Gasteiger partial charge is 0.326 e. The Labute approximate surface area is 134 Å². The first-order valence-electron chi connectivity index (χ1n) is 7.41. The summed E-state index contributed by atoms with van der Waals surface area (Å²) < 4.78 is 0. The van der Waals surface area contributed by atoms with Crippen molar-refractivity contribution >= 4 is 23.6 Å². The molecule has 1 aliphatic rings. The second kappa shape index (κ2) is 6.44. The van der Waals surface area contributed by atoms with E-state index in [1.165, 1.54) is 6.92 Å². The van der Waals surface area contributed by atoms with E-state index in [0.717, 1.165) is 11.1 Å². The Morgan fingerprint density at radius 2 is 1.91 bits per heavy atom. The summed E-state index contributed by atoms with van der Waals surface area (Å²) >= 11 is 0. The van der Waals surface area contributed by atoms with Crippen molar-refractivity contribution in [3.05, 3.63) is 66.1 Å². The first-order chi connectivity index (χ1) is 11.1. The van der Waals surface area contributed by atoms with Crippen molar-refractivity contribution in [3.63, 3.8) is 0 Å². The molecular formula is C18H17N3O2. The molecule has 1 atom stereocenters. The molecule has 5 nitrogen and oxygen atoms in total. The molecule has 1 aliphatic heterocycles. The molecule has 0 saturated carbocycles. The second-order valence-corrected chi connectivity index (χ2v) is 5.37. The predicted octanol–water partition coefficient (Wildman–Crippen LogP) is 2.98. The fraction of sp³-hybridized carbons (Fsp3) is 0.167. The topological polar surface area (TPSA) is 62.3 Å². The van der Waals surface area contributed by atoms with E-state index >= 15 is 0 Å². The molecule has 0 radical (unpaired) electrons. The van der Waals surface area contributed by atoms with Gasteiger partial charge in [-0.05, 0) is 29.3 Å². The van der Waals surface area contributed by atoms with E-state index in [1.807, 2.05) is 30.3 Å². The van der Waals surface area contributed by atoms with Gasteiger partial charge in [-0.3, -0.25) is 14.6 Å². The van der Waals surface area contributed by atoms with Crippen molar-refractivity contribution in [3.8, 4) is 0 Å². The highest BCUT2D eigenvalue weighted by Crippen LogP contribution is 2.33. The molecule has 1 aromatic carbocycles. The highest BCUT2D eigenvalue weighted by atomic mass is 16.2. The minimum absolute atomic E-state index is 0.0857. The Morgan fingerprint density at radius 3 is 2.65 bits per heavy atom. The summed E-state index contributed by atoms with van der Waals surface area (Å²) in [4.78, 5) is 29.8. The quantitative estimate of drug-likeness (QED) is 0.948. The van der Waals surface area contributed by atoms with E-state index < -0.39 is 0 Å². The minimum atomic E-state index is -0.296. The number of nitrogens with zero attached hydrogens (tertiary/aromatic N) is 2. The van der Waals surface area contributed by atoms with Gasteiger partial charge in [0.1, 0.15) is 0 Å². The van der Waals surface area contributed by atoms with Crippen LogP contribution in [0.25, 0.3) is 6.08 Å². The number of hydrogen-bond donors (Lipinski definition) is 1. The Kier molecular flexibility index (Phi) is 4.19. The Morgan fingerprint density at radius 1 is 1.17 bits per heavy atom. The van der Waals surface area contributed by atoms with Crippen molar-refractivity contribution in [1.82, 2.24) is 9.88 Å². The average Bonchev–Trinajstić information content (AvgIpc) is 2.55. The van der Waals surface area contributed by atoms with Crippen LogP contribution in [0.2, 0.25) is 0 Å². The number of anilines is 1. The zero-order valence-electron chi connectivity index (χ0n) is 12.8. The summed E-state index contributed by atoms with van der Waals surface area (Å²) in [5.41, 5.74) is 2.71. The van der Waals surface area contributed by atoms with Gasteiger partial charge >= 0.3 is 0 Å². The van der Waals surface area contributed by atoms with Crippen molar-refractivity contribution < 1.29 is 9.59 Å². The normalized spacial score (nSPS) is 15.9. The number of carbonyl (C=O) groups excluding carboxylic acids is 2. The molecule has 0 unspecified atom stereocenters. The standard InChI is InChI=1S/C18H17N3O2/c1-13(22)21-11-8-14-4-2-3-5-16(14)17(21)12-18(23)20-15-6-9-19-10-7-15/h2-11,17H,12H2,1H3,(H,19,20,23)/t17-/m0/s1. The first kappa shape index (κ1) is 15.0. The molecule has 3 rings (SSSR count). The lowest BCUT2D eigenvalue weighted by Crippen LogP contribution is -2.33. The monoisotopic (exact) mass is 307 g/mol. The average molecular weight is 307 g/mol.